The van der Waals surface area contributed by atoms with E-state index in [0.29, 0.717) is 16.4 Å². The molecule has 2 aromatic carbocycles. The highest BCUT2D eigenvalue weighted by Crippen LogP contribution is 2.25. The van der Waals surface area contributed by atoms with Crippen molar-refractivity contribution < 1.29 is 14.3 Å². The standard InChI is InChI=1S/C20H20N4O3S/c1-13(25)15-4-6-16(7-5-15)22-19(26)14(2)28-20-23-21-12-24(20)17-8-10-18(27-3)11-9-17/h4-12,14H,1-3H3,(H,22,26)/t14-/m1/s1. The fraction of sp³-hybridized carbons (Fsp3) is 0.200. The molecular weight excluding hydrogens is 376 g/mol. The van der Waals surface area contributed by atoms with E-state index in [0.717, 1.165) is 11.4 Å². The molecule has 0 saturated carbocycles. The Hall–Kier alpha value is -3.13. The van der Waals surface area contributed by atoms with Gasteiger partial charge in [-0.05, 0) is 62.4 Å². The van der Waals surface area contributed by atoms with Crippen molar-refractivity contribution in [3.63, 3.8) is 0 Å². The summed E-state index contributed by atoms with van der Waals surface area (Å²) in [4.78, 5) is 23.9. The number of Topliss-reactive ketones (excluding diaryl/α,β-unsaturated/α-hetero) is 1. The quantitative estimate of drug-likeness (QED) is 0.485. The number of methoxy groups -OCH3 is 1. The molecule has 144 valence electrons. The zero-order valence-electron chi connectivity index (χ0n) is 15.7. The van der Waals surface area contributed by atoms with Crippen LogP contribution in [-0.2, 0) is 4.79 Å². The Morgan fingerprint density at radius 3 is 2.39 bits per heavy atom. The summed E-state index contributed by atoms with van der Waals surface area (Å²) in [5, 5.41) is 11.1. The summed E-state index contributed by atoms with van der Waals surface area (Å²) >= 11 is 1.31. The number of rotatable bonds is 7. The van der Waals surface area contributed by atoms with E-state index in [-0.39, 0.29) is 11.7 Å². The molecule has 0 saturated heterocycles. The summed E-state index contributed by atoms with van der Waals surface area (Å²) in [7, 11) is 1.61. The van der Waals surface area contributed by atoms with E-state index in [1.807, 2.05) is 28.8 Å². The van der Waals surface area contributed by atoms with Crippen molar-refractivity contribution in [2.24, 2.45) is 0 Å². The van der Waals surface area contributed by atoms with Gasteiger partial charge in [0.05, 0.1) is 12.4 Å². The minimum absolute atomic E-state index is 0.0142. The number of aromatic nitrogens is 3. The minimum atomic E-state index is -0.395. The molecule has 1 atom stereocenters. The maximum absolute atomic E-state index is 12.5. The normalized spacial score (nSPS) is 11.7. The Bertz CT molecular complexity index is 968. The van der Waals surface area contributed by atoms with E-state index in [1.54, 1.807) is 44.6 Å². The topological polar surface area (TPSA) is 86.1 Å². The van der Waals surface area contributed by atoms with Crippen molar-refractivity contribution in [2.75, 3.05) is 12.4 Å². The molecule has 3 rings (SSSR count). The fourth-order valence-electron chi connectivity index (χ4n) is 2.47. The Balaban J connectivity index is 1.67. The van der Waals surface area contributed by atoms with Crippen LogP contribution < -0.4 is 10.1 Å². The van der Waals surface area contributed by atoms with E-state index in [9.17, 15) is 9.59 Å². The molecule has 0 unspecified atom stereocenters. The van der Waals surface area contributed by atoms with E-state index < -0.39 is 5.25 Å². The number of ketones is 1. The molecule has 0 aliphatic rings. The predicted octanol–water partition coefficient (Wildman–Crippen LogP) is 3.60. The molecule has 3 aromatic rings. The van der Waals surface area contributed by atoms with Crippen molar-refractivity contribution in [2.45, 2.75) is 24.3 Å². The van der Waals surface area contributed by atoms with Gasteiger partial charge < -0.3 is 10.1 Å². The summed E-state index contributed by atoms with van der Waals surface area (Å²) < 4.78 is 6.99. The van der Waals surface area contributed by atoms with Gasteiger partial charge in [-0.3, -0.25) is 14.2 Å². The fourth-order valence-corrected chi connectivity index (χ4v) is 3.31. The van der Waals surface area contributed by atoms with E-state index in [2.05, 4.69) is 15.5 Å². The van der Waals surface area contributed by atoms with Crippen LogP contribution in [-0.4, -0.2) is 38.8 Å². The Morgan fingerprint density at radius 1 is 1.11 bits per heavy atom. The van der Waals surface area contributed by atoms with Crippen LogP contribution in [0, 0.1) is 0 Å². The van der Waals surface area contributed by atoms with Crippen molar-refractivity contribution in [3.05, 3.63) is 60.4 Å². The second-order valence-corrected chi connectivity index (χ2v) is 7.37. The Labute approximate surface area is 167 Å². The first kappa shape index (κ1) is 19.6. The van der Waals surface area contributed by atoms with Crippen LogP contribution in [0.2, 0.25) is 0 Å². The zero-order valence-corrected chi connectivity index (χ0v) is 16.6. The number of thioether (sulfide) groups is 1. The Morgan fingerprint density at radius 2 is 1.79 bits per heavy atom. The third kappa shape index (κ3) is 4.58. The maximum Gasteiger partial charge on any atom is 0.237 e. The molecule has 0 aliphatic heterocycles. The highest BCUT2D eigenvalue weighted by atomic mass is 32.2. The molecule has 1 N–H and O–H groups in total. The van der Waals surface area contributed by atoms with Crippen molar-refractivity contribution in [1.82, 2.24) is 14.8 Å². The van der Waals surface area contributed by atoms with Gasteiger partial charge in [-0.2, -0.15) is 0 Å². The monoisotopic (exact) mass is 396 g/mol. The van der Waals surface area contributed by atoms with Crippen LogP contribution >= 0.6 is 11.8 Å². The van der Waals surface area contributed by atoms with Gasteiger partial charge in [0.15, 0.2) is 10.9 Å². The van der Waals surface area contributed by atoms with E-state index in [4.69, 9.17) is 4.74 Å². The summed E-state index contributed by atoms with van der Waals surface area (Å²) in [5.41, 5.74) is 2.12. The molecular formula is C20H20N4O3S. The smallest absolute Gasteiger partial charge is 0.237 e. The molecule has 0 radical (unpaired) electrons. The van der Waals surface area contributed by atoms with Gasteiger partial charge in [-0.25, -0.2) is 0 Å². The lowest BCUT2D eigenvalue weighted by Gasteiger charge is -2.13. The average Bonchev–Trinajstić information content (AvgIpc) is 3.16. The summed E-state index contributed by atoms with van der Waals surface area (Å²) in [6, 6.07) is 14.3. The SMILES string of the molecule is COc1ccc(-n2cnnc2S[C@H](C)C(=O)Nc2ccc(C(C)=O)cc2)cc1. The second-order valence-electron chi connectivity index (χ2n) is 6.06. The van der Waals surface area contributed by atoms with Gasteiger partial charge in [0, 0.05) is 16.9 Å². The lowest BCUT2D eigenvalue weighted by molar-refractivity contribution is -0.115. The number of benzene rings is 2. The molecule has 8 heteroatoms. The second kappa shape index (κ2) is 8.71. The largest absolute Gasteiger partial charge is 0.497 e. The summed E-state index contributed by atoms with van der Waals surface area (Å²) in [6.07, 6.45) is 1.61. The molecule has 0 bridgehead atoms. The predicted molar refractivity (Wildman–Crippen MR) is 108 cm³/mol. The van der Waals surface area contributed by atoms with Crippen LogP contribution in [0.25, 0.3) is 5.69 Å². The van der Waals surface area contributed by atoms with Gasteiger partial charge in [0.2, 0.25) is 5.91 Å². The van der Waals surface area contributed by atoms with Crippen LogP contribution in [0.3, 0.4) is 0 Å². The average molecular weight is 396 g/mol. The summed E-state index contributed by atoms with van der Waals surface area (Å²) in [5.74, 6) is 0.582. The van der Waals surface area contributed by atoms with Crippen LogP contribution in [0.5, 0.6) is 5.75 Å². The number of carbonyl (C=O) groups excluding carboxylic acids is 2. The van der Waals surface area contributed by atoms with Gasteiger partial charge in [0.1, 0.15) is 12.1 Å². The van der Waals surface area contributed by atoms with Crippen molar-refractivity contribution in [3.8, 4) is 11.4 Å². The van der Waals surface area contributed by atoms with Gasteiger partial charge >= 0.3 is 0 Å². The molecule has 28 heavy (non-hydrogen) atoms. The number of amides is 1. The van der Waals surface area contributed by atoms with Crippen LogP contribution in [0.1, 0.15) is 24.2 Å². The lowest BCUT2D eigenvalue weighted by Crippen LogP contribution is -2.22. The highest BCUT2D eigenvalue weighted by Gasteiger charge is 2.18. The minimum Gasteiger partial charge on any atom is -0.497 e. The van der Waals surface area contributed by atoms with E-state index in [1.165, 1.54) is 18.7 Å². The lowest BCUT2D eigenvalue weighted by atomic mass is 10.1. The molecule has 0 aliphatic carbocycles. The molecule has 0 spiro atoms. The maximum atomic E-state index is 12.5. The van der Waals surface area contributed by atoms with Gasteiger partial charge in [-0.1, -0.05) is 11.8 Å². The molecule has 1 aromatic heterocycles. The zero-order chi connectivity index (χ0) is 20.1. The third-order valence-corrected chi connectivity index (χ3v) is 5.13. The Kier molecular flexibility index (Phi) is 6.10. The highest BCUT2D eigenvalue weighted by molar-refractivity contribution is 8.00. The molecule has 0 fully saturated rings. The number of anilines is 1. The first-order chi connectivity index (χ1) is 13.5. The molecule has 7 nitrogen and oxygen atoms in total. The van der Waals surface area contributed by atoms with Gasteiger partial charge in [0.25, 0.3) is 0 Å². The molecule has 1 heterocycles. The first-order valence-corrected chi connectivity index (χ1v) is 9.49. The molecule has 1 amide bonds. The number of hydrogen-bond acceptors (Lipinski definition) is 6. The van der Waals surface area contributed by atoms with E-state index >= 15 is 0 Å². The number of hydrogen-bond donors (Lipinski definition) is 1. The van der Waals surface area contributed by atoms with Crippen molar-refractivity contribution >= 4 is 29.1 Å². The number of carbonyl (C=O) groups is 2. The number of ether oxygens (including phenoxy) is 1. The summed E-state index contributed by atoms with van der Waals surface area (Å²) in [6.45, 7) is 3.31. The number of nitrogens with one attached hydrogen (secondary N) is 1. The van der Waals surface area contributed by atoms with Crippen molar-refractivity contribution in [1.29, 1.82) is 0 Å². The first-order valence-electron chi connectivity index (χ1n) is 8.61. The third-order valence-electron chi connectivity index (χ3n) is 4.08. The van der Waals surface area contributed by atoms with Crippen LogP contribution in [0.4, 0.5) is 5.69 Å². The number of nitrogens with zero attached hydrogens (tertiary/aromatic N) is 3. The van der Waals surface area contributed by atoms with Crippen LogP contribution in [0.15, 0.2) is 60.0 Å². The van der Waals surface area contributed by atoms with Gasteiger partial charge in [-0.15, -0.1) is 10.2 Å².